The van der Waals surface area contributed by atoms with E-state index in [2.05, 4.69) is 20.8 Å². The SMILES string of the molecule is COc1ccccc1NC(=O)Nc1nnc(CSc2ccc(Cl)cc2)s1. The van der Waals surface area contributed by atoms with Crippen molar-refractivity contribution in [3.05, 3.63) is 58.6 Å². The van der Waals surface area contributed by atoms with E-state index in [0.29, 0.717) is 27.3 Å². The second kappa shape index (κ2) is 8.88. The van der Waals surface area contributed by atoms with Gasteiger partial charge in [-0.25, -0.2) is 4.79 Å². The van der Waals surface area contributed by atoms with Crippen molar-refractivity contribution in [2.24, 2.45) is 0 Å². The van der Waals surface area contributed by atoms with Crippen molar-refractivity contribution in [1.29, 1.82) is 0 Å². The van der Waals surface area contributed by atoms with Crippen LogP contribution in [0.4, 0.5) is 15.6 Å². The summed E-state index contributed by atoms with van der Waals surface area (Å²) in [5, 5.41) is 15.5. The molecule has 0 saturated heterocycles. The number of ether oxygens (including phenoxy) is 1. The van der Waals surface area contributed by atoms with E-state index < -0.39 is 6.03 Å². The van der Waals surface area contributed by atoms with E-state index in [0.717, 1.165) is 9.90 Å². The molecule has 0 spiro atoms. The minimum absolute atomic E-state index is 0.400. The number of carbonyl (C=O) groups is 1. The summed E-state index contributed by atoms with van der Waals surface area (Å²) in [5.74, 6) is 1.25. The molecule has 0 saturated carbocycles. The molecule has 134 valence electrons. The van der Waals surface area contributed by atoms with Gasteiger partial charge in [0.15, 0.2) is 0 Å². The average molecular weight is 407 g/mol. The molecule has 0 aliphatic heterocycles. The molecule has 0 bridgehead atoms. The number of aromatic nitrogens is 2. The van der Waals surface area contributed by atoms with Crippen LogP contribution in [0.3, 0.4) is 0 Å². The molecule has 2 amide bonds. The van der Waals surface area contributed by atoms with Gasteiger partial charge in [-0.05, 0) is 36.4 Å². The van der Waals surface area contributed by atoms with Crippen LogP contribution in [0.15, 0.2) is 53.4 Å². The van der Waals surface area contributed by atoms with Crippen LogP contribution >= 0.6 is 34.7 Å². The number of para-hydroxylation sites is 2. The van der Waals surface area contributed by atoms with Gasteiger partial charge in [-0.1, -0.05) is 35.1 Å². The largest absolute Gasteiger partial charge is 0.495 e. The molecule has 0 atom stereocenters. The fourth-order valence-electron chi connectivity index (χ4n) is 2.04. The number of thioether (sulfide) groups is 1. The number of carbonyl (C=O) groups excluding carboxylic acids is 1. The summed E-state index contributed by atoms with van der Waals surface area (Å²) >= 11 is 8.83. The van der Waals surface area contributed by atoms with Crippen LogP contribution in [0.5, 0.6) is 5.75 Å². The number of amides is 2. The third kappa shape index (κ3) is 5.10. The molecule has 2 N–H and O–H groups in total. The number of nitrogens with one attached hydrogen (secondary N) is 2. The van der Waals surface area contributed by atoms with E-state index in [1.807, 2.05) is 36.4 Å². The zero-order valence-electron chi connectivity index (χ0n) is 13.7. The first-order valence-electron chi connectivity index (χ1n) is 7.56. The van der Waals surface area contributed by atoms with Crippen molar-refractivity contribution in [2.75, 3.05) is 17.7 Å². The molecule has 3 rings (SSSR count). The predicted molar refractivity (Wildman–Crippen MR) is 107 cm³/mol. The highest BCUT2D eigenvalue weighted by molar-refractivity contribution is 7.98. The maximum Gasteiger partial charge on any atom is 0.325 e. The normalized spacial score (nSPS) is 10.4. The Morgan fingerprint density at radius 3 is 2.69 bits per heavy atom. The highest BCUT2D eigenvalue weighted by Gasteiger charge is 2.10. The van der Waals surface area contributed by atoms with Crippen LogP contribution in [-0.2, 0) is 5.75 Å². The topological polar surface area (TPSA) is 76.1 Å². The quantitative estimate of drug-likeness (QED) is 0.554. The van der Waals surface area contributed by atoms with E-state index in [1.54, 1.807) is 31.0 Å². The Labute approximate surface area is 163 Å². The van der Waals surface area contributed by atoms with Crippen LogP contribution < -0.4 is 15.4 Å². The third-order valence-electron chi connectivity index (χ3n) is 3.22. The maximum absolute atomic E-state index is 12.1. The van der Waals surface area contributed by atoms with E-state index in [1.165, 1.54) is 11.3 Å². The molecular weight excluding hydrogens is 392 g/mol. The van der Waals surface area contributed by atoms with Crippen molar-refractivity contribution in [3.8, 4) is 5.75 Å². The molecule has 0 unspecified atom stereocenters. The molecule has 1 heterocycles. The smallest absolute Gasteiger partial charge is 0.325 e. The highest BCUT2D eigenvalue weighted by Crippen LogP contribution is 2.27. The Morgan fingerprint density at radius 1 is 1.15 bits per heavy atom. The first-order valence-corrected chi connectivity index (χ1v) is 9.74. The minimum atomic E-state index is -0.400. The number of anilines is 2. The van der Waals surface area contributed by atoms with Crippen LogP contribution in [0.25, 0.3) is 0 Å². The molecule has 26 heavy (non-hydrogen) atoms. The Kier molecular flexibility index (Phi) is 6.32. The van der Waals surface area contributed by atoms with Crippen molar-refractivity contribution < 1.29 is 9.53 Å². The first kappa shape index (κ1) is 18.5. The number of nitrogens with zero attached hydrogens (tertiary/aromatic N) is 2. The molecule has 9 heteroatoms. The lowest BCUT2D eigenvalue weighted by molar-refractivity contribution is 0.262. The molecule has 0 aliphatic rings. The van der Waals surface area contributed by atoms with Gasteiger partial charge in [-0.2, -0.15) is 0 Å². The Balaban J connectivity index is 1.54. The zero-order chi connectivity index (χ0) is 18.4. The van der Waals surface area contributed by atoms with Gasteiger partial charge in [0.2, 0.25) is 5.13 Å². The monoisotopic (exact) mass is 406 g/mol. The third-order valence-corrected chi connectivity index (χ3v) is 5.52. The summed E-state index contributed by atoms with van der Waals surface area (Å²) in [6.45, 7) is 0. The van der Waals surface area contributed by atoms with Crippen LogP contribution in [-0.4, -0.2) is 23.3 Å². The average Bonchev–Trinajstić information content (AvgIpc) is 3.09. The van der Waals surface area contributed by atoms with Crippen molar-refractivity contribution in [3.63, 3.8) is 0 Å². The van der Waals surface area contributed by atoms with Crippen molar-refractivity contribution in [2.45, 2.75) is 10.6 Å². The summed E-state index contributed by atoms with van der Waals surface area (Å²) in [4.78, 5) is 13.2. The van der Waals surface area contributed by atoms with Gasteiger partial charge < -0.3 is 10.1 Å². The van der Waals surface area contributed by atoms with E-state index >= 15 is 0 Å². The summed E-state index contributed by atoms with van der Waals surface area (Å²) < 4.78 is 5.20. The second-order valence-corrected chi connectivity index (χ2v) is 7.57. The molecule has 0 fully saturated rings. The minimum Gasteiger partial charge on any atom is -0.495 e. The fraction of sp³-hybridized carbons (Fsp3) is 0.118. The molecule has 6 nitrogen and oxygen atoms in total. The fourth-order valence-corrected chi connectivity index (χ4v) is 3.78. The van der Waals surface area contributed by atoms with Gasteiger partial charge in [-0.15, -0.1) is 22.0 Å². The van der Waals surface area contributed by atoms with E-state index in [4.69, 9.17) is 16.3 Å². The van der Waals surface area contributed by atoms with Gasteiger partial charge in [0, 0.05) is 9.92 Å². The molecule has 1 aromatic heterocycles. The number of rotatable bonds is 6. The maximum atomic E-state index is 12.1. The molecule has 3 aromatic rings. The molecule has 0 radical (unpaired) electrons. The van der Waals surface area contributed by atoms with Crippen molar-refractivity contribution in [1.82, 2.24) is 10.2 Å². The lowest BCUT2D eigenvalue weighted by atomic mass is 10.3. The zero-order valence-corrected chi connectivity index (χ0v) is 16.1. The van der Waals surface area contributed by atoms with Gasteiger partial charge in [0.05, 0.1) is 18.6 Å². The summed E-state index contributed by atoms with van der Waals surface area (Å²) in [5.41, 5.74) is 0.579. The summed E-state index contributed by atoms with van der Waals surface area (Å²) in [6, 6.07) is 14.4. The first-order chi connectivity index (χ1) is 12.6. The Morgan fingerprint density at radius 2 is 1.92 bits per heavy atom. The molecule has 2 aromatic carbocycles. The summed E-state index contributed by atoms with van der Waals surface area (Å²) in [6.07, 6.45) is 0. The lowest BCUT2D eigenvalue weighted by Gasteiger charge is -2.09. The van der Waals surface area contributed by atoms with Crippen LogP contribution in [0.2, 0.25) is 5.02 Å². The number of urea groups is 1. The number of halogens is 1. The van der Waals surface area contributed by atoms with Crippen molar-refractivity contribution >= 4 is 51.5 Å². The van der Waals surface area contributed by atoms with Gasteiger partial charge in [-0.3, -0.25) is 5.32 Å². The Bertz CT molecular complexity index is 886. The predicted octanol–water partition coefficient (Wildman–Crippen LogP) is 5.14. The van der Waals surface area contributed by atoms with Crippen LogP contribution in [0.1, 0.15) is 5.01 Å². The van der Waals surface area contributed by atoms with E-state index in [-0.39, 0.29) is 0 Å². The summed E-state index contributed by atoms with van der Waals surface area (Å²) in [7, 11) is 1.55. The standard InChI is InChI=1S/C17H15ClN4O2S2/c1-24-14-5-3-2-4-13(14)19-16(23)20-17-22-21-15(26-17)10-25-12-8-6-11(18)7-9-12/h2-9H,10H2,1H3,(H2,19,20,22,23). The number of hydrogen-bond donors (Lipinski definition) is 2. The van der Waals surface area contributed by atoms with Crippen LogP contribution in [0, 0.1) is 0 Å². The second-order valence-electron chi connectivity index (χ2n) is 5.02. The molecule has 0 aliphatic carbocycles. The van der Waals surface area contributed by atoms with E-state index in [9.17, 15) is 4.79 Å². The van der Waals surface area contributed by atoms with Gasteiger partial charge >= 0.3 is 6.03 Å². The number of methoxy groups -OCH3 is 1. The Hall–Kier alpha value is -2.29. The number of hydrogen-bond acceptors (Lipinski definition) is 6. The van der Waals surface area contributed by atoms with Gasteiger partial charge in [0.25, 0.3) is 0 Å². The highest BCUT2D eigenvalue weighted by atomic mass is 35.5. The molecular formula is C17H15ClN4O2S2. The lowest BCUT2D eigenvalue weighted by Crippen LogP contribution is -2.19. The number of benzene rings is 2. The van der Waals surface area contributed by atoms with Gasteiger partial charge in [0.1, 0.15) is 10.8 Å².